The summed E-state index contributed by atoms with van der Waals surface area (Å²) >= 11 is 0. The maximum Gasteiger partial charge on any atom is 0.289 e. The summed E-state index contributed by atoms with van der Waals surface area (Å²) in [5, 5.41) is 2.97. The van der Waals surface area contributed by atoms with Crippen molar-refractivity contribution in [2.24, 2.45) is 0 Å². The van der Waals surface area contributed by atoms with E-state index < -0.39 is 6.08 Å². The Hall–Kier alpha value is -2.70. The lowest BCUT2D eigenvalue weighted by molar-refractivity contribution is 0.556. The topological polar surface area (TPSA) is 92.5 Å². The van der Waals surface area contributed by atoms with Gasteiger partial charge >= 0.3 is 0 Å². The molecule has 4 N–H and O–H groups in total. The predicted molar refractivity (Wildman–Crippen MR) is 65.8 cm³/mol. The molecule has 7 heteroatoms. The molecule has 2 heterocycles. The number of rotatable bonds is 2. The third-order valence-corrected chi connectivity index (χ3v) is 2.38. The van der Waals surface area contributed by atoms with Crippen LogP contribution in [-0.4, -0.2) is 19.9 Å². The van der Waals surface area contributed by atoms with Crippen molar-refractivity contribution in [1.82, 2.24) is 19.9 Å². The molecule has 0 aliphatic heterocycles. The molecule has 0 saturated carbocycles. The highest BCUT2D eigenvalue weighted by atomic mass is 19.1. The summed E-state index contributed by atoms with van der Waals surface area (Å²) in [6, 6.07) is 9.35. The molecule has 0 aliphatic rings. The standard InChI is InChI=1S/C11H9FN6/c12-10-15-7-8(13)16-11(18-9(7)17-10)14-6-4-2-1-3-5-6/h1-5H,(H4,13,14,15,16,17,18). The van der Waals surface area contributed by atoms with E-state index in [1.807, 2.05) is 30.3 Å². The van der Waals surface area contributed by atoms with Crippen LogP contribution in [0, 0.1) is 6.08 Å². The van der Waals surface area contributed by atoms with Gasteiger partial charge in [-0.25, -0.2) is 0 Å². The largest absolute Gasteiger partial charge is 0.382 e. The van der Waals surface area contributed by atoms with Crippen LogP contribution >= 0.6 is 0 Å². The van der Waals surface area contributed by atoms with Crippen LogP contribution in [0.5, 0.6) is 0 Å². The van der Waals surface area contributed by atoms with Crippen molar-refractivity contribution in [3.05, 3.63) is 36.4 Å². The number of nitrogen functional groups attached to an aromatic ring is 1. The van der Waals surface area contributed by atoms with E-state index in [0.717, 1.165) is 5.69 Å². The molecule has 0 radical (unpaired) electrons. The Kier molecular flexibility index (Phi) is 2.30. The number of benzene rings is 1. The second-order valence-corrected chi connectivity index (χ2v) is 3.65. The first-order valence-electron chi connectivity index (χ1n) is 5.23. The number of hydrogen-bond acceptors (Lipinski definition) is 5. The highest BCUT2D eigenvalue weighted by Crippen LogP contribution is 2.19. The fraction of sp³-hybridized carbons (Fsp3) is 0. The predicted octanol–water partition coefficient (Wildman–Crippen LogP) is 1.82. The van der Waals surface area contributed by atoms with Crippen LogP contribution in [-0.2, 0) is 0 Å². The second-order valence-electron chi connectivity index (χ2n) is 3.65. The lowest BCUT2D eigenvalue weighted by Gasteiger charge is -2.04. The van der Waals surface area contributed by atoms with Gasteiger partial charge in [-0.05, 0) is 12.1 Å². The lowest BCUT2D eigenvalue weighted by Crippen LogP contribution is -2.01. The van der Waals surface area contributed by atoms with Crippen molar-refractivity contribution in [2.45, 2.75) is 0 Å². The monoisotopic (exact) mass is 244 g/mol. The molecule has 0 fully saturated rings. The van der Waals surface area contributed by atoms with Crippen molar-refractivity contribution in [3.8, 4) is 0 Å². The fourth-order valence-corrected chi connectivity index (χ4v) is 1.60. The van der Waals surface area contributed by atoms with Crippen LogP contribution in [0.15, 0.2) is 30.3 Å². The number of aromatic nitrogens is 4. The number of hydrogen-bond donors (Lipinski definition) is 3. The summed E-state index contributed by atoms with van der Waals surface area (Å²) < 4.78 is 12.9. The number of nitrogens with zero attached hydrogens (tertiary/aromatic N) is 3. The number of aromatic amines is 1. The lowest BCUT2D eigenvalue weighted by atomic mass is 10.3. The number of nitrogens with two attached hydrogens (primary N) is 1. The Morgan fingerprint density at radius 2 is 1.89 bits per heavy atom. The smallest absolute Gasteiger partial charge is 0.289 e. The van der Waals surface area contributed by atoms with Crippen LogP contribution in [0.25, 0.3) is 11.2 Å². The van der Waals surface area contributed by atoms with E-state index in [1.54, 1.807) is 0 Å². The SMILES string of the molecule is Nc1nc(Nc2ccccc2)nc2nc(F)[nH]c12. The maximum atomic E-state index is 12.9. The Balaban J connectivity index is 2.02. The average molecular weight is 244 g/mol. The van der Waals surface area contributed by atoms with E-state index in [1.165, 1.54) is 0 Å². The second kappa shape index (κ2) is 3.95. The normalized spacial score (nSPS) is 10.7. The van der Waals surface area contributed by atoms with E-state index in [2.05, 4.69) is 25.3 Å². The third kappa shape index (κ3) is 1.81. The molecular weight excluding hydrogens is 235 g/mol. The minimum atomic E-state index is -0.733. The van der Waals surface area contributed by atoms with Gasteiger partial charge in [0.1, 0.15) is 5.52 Å². The number of nitrogens with one attached hydrogen (secondary N) is 2. The molecule has 0 atom stereocenters. The molecule has 2 aromatic heterocycles. The first kappa shape index (κ1) is 10.5. The zero-order valence-corrected chi connectivity index (χ0v) is 9.18. The van der Waals surface area contributed by atoms with Crippen molar-refractivity contribution < 1.29 is 4.39 Å². The van der Waals surface area contributed by atoms with Gasteiger partial charge in [0.05, 0.1) is 0 Å². The third-order valence-electron chi connectivity index (χ3n) is 2.38. The molecule has 0 amide bonds. The summed E-state index contributed by atoms with van der Waals surface area (Å²) in [6.45, 7) is 0. The average Bonchev–Trinajstić information content (AvgIpc) is 2.72. The Morgan fingerprint density at radius 3 is 2.67 bits per heavy atom. The fourth-order valence-electron chi connectivity index (χ4n) is 1.60. The van der Waals surface area contributed by atoms with E-state index in [-0.39, 0.29) is 17.4 Å². The summed E-state index contributed by atoms with van der Waals surface area (Å²) in [5.74, 6) is 0.424. The van der Waals surface area contributed by atoms with E-state index in [9.17, 15) is 4.39 Å². The van der Waals surface area contributed by atoms with Crippen LogP contribution in [0.1, 0.15) is 0 Å². The van der Waals surface area contributed by atoms with Gasteiger partial charge in [-0.1, -0.05) is 18.2 Å². The number of anilines is 3. The van der Waals surface area contributed by atoms with Gasteiger partial charge in [0.15, 0.2) is 11.5 Å². The quantitative estimate of drug-likeness (QED) is 0.598. The number of H-pyrrole nitrogens is 1. The molecule has 0 aliphatic carbocycles. The number of imidazole rings is 1. The highest BCUT2D eigenvalue weighted by molar-refractivity contribution is 5.82. The number of fused-ring (bicyclic) bond motifs is 1. The van der Waals surface area contributed by atoms with Crippen molar-refractivity contribution in [1.29, 1.82) is 0 Å². The van der Waals surface area contributed by atoms with Crippen LogP contribution in [0.3, 0.4) is 0 Å². The molecular formula is C11H9FN6. The summed E-state index contributed by atoms with van der Waals surface area (Å²) in [7, 11) is 0. The molecule has 18 heavy (non-hydrogen) atoms. The van der Waals surface area contributed by atoms with Gasteiger partial charge in [-0.2, -0.15) is 19.3 Å². The number of para-hydroxylation sites is 1. The number of halogens is 1. The van der Waals surface area contributed by atoms with E-state index in [4.69, 9.17) is 5.73 Å². The van der Waals surface area contributed by atoms with Crippen LogP contribution in [0.2, 0.25) is 0 Å². The summed E-state index contributed by atoms with van der Waals surface area (Å²) in [5.41, 5.74) is 7.00. The van der Waals surface area contributed by atoms with Crippen molar-refractivity contribution >= 4 is 28.6 Å². The zero-order chi connectivity index (χ0) is 12.5. The van der Waals surface area contributed by atoms with Crippen molar-refractivity contribution in [3.63, 3.8) is 0 Å². The van der Waals surface area contributed by atoms with E-state index in [0.29, 0.717) is 5.52 Å². The van der Waals surface area contributed by atoms with Gasteiger partial charge in [0.25, 0.3) is 6.08 Å². The zero-order valence-electron chi connectivity index (χ0n) is 9.18. The minimum Gasteiger partial charge on any atom is -0.382 e. The molecule has 0 spiro atoms. The highest BCUT2D eigenvalue weighted by Gasteiger charge is 2.10. The first-order valence-corrected chi connectivity index (χ1v) is 5.23. The molecule has 1 aromatic carbocycles. The molecule has 0 unspecified atom stereocenters. The minimum absolute atomic E-state index is 0.148. The van der Waals surface area contributed by atoms with Gasteiger partial charge in [-0.3, -0.25) is 0 Å². The first-order chi connectivity index (χ1) is 8.72. The Bertz CT molecular complexity index is 693. The molecule has 6 nitrogen and oxygen atoms in total. The van der Waals surface area contributed by atoms with Crippen LogP contribution < -0.4 is 11.1 Å². The molecule has 3 rings (SSSR count). The van der Waals surface area contributed by atoms with Gasteiger partial charge in [-0.15, -0.1) is 0 Å². The van der Waals surface area contributed by atoms with Gasteiger partial charge in [0.2, 0.25) is 5.95 Å². The Morgan fingerprint density at radius 1 is 1.11 bits per heavy atom. The van der Waals surface area contributed by atoms with Gasteiger partial charge in [0, 0.05) is 5.69 Å². The van der Waals surface area contributed by atoms with E-state index >= 15 is 0 Å². The van der Waals surface area contributed by atoms with Crippen molar-refractivity contribution in [2.75, 3.05) is 11.1 Å². The molecule has 90 valence electrons. The molecule has 0 bridgehead atoms. The molecule has 3 aromatic rings. The van der Waals surface area contributed by atoms with Crippen LogP contribution in [0.4, 0.5) is 21.8 Å². The van der Waals surface area contributed by atoms with Gasteiger partial charge < -0.3 is 16.0 Å². The summed E-state index contributed by atoms with van der Waals surface area (Å²) in [4.78, 5) is 14.0. The summed E-state index contributed by atoms with van der Waals surface area (Å²) in [6.07, 6.45) is -0.733. The Labute approximate surface area is 101 Å². The maximum absolute atomic E-state index is 12.9. The molecule has 0 saturated heterocycles.